The van der Waals surface area contributed by atoms with Crippen LogP contribution in [-0.2, 0) is 6.42 Å². The van der Waals surface area contributed by atoms with Crippen molar-refractivity contribution in [2.75, 3.05) is 6.61 Å². The van der Waals surface area contributed by atoms with Crippen molar-refractivity contribution in [3.05, 3.63) is 35.4 Å². The maximum Gasteiger partial charge on any atom is 0.0431 e. The van der Waals surface area contributed by atoms with Gasteiger partial charge in [-0.15, -0.1) is 0 Å². The van der Waals surface area contributed by atoms with Crippen molar-refractivity contribution in [3.63, 3.8) is 0 Å². The van der Waals surface area contributed by atoms with E-state index in [1.165, 1.54) is 5.56 Å². The molecule has 0 aliphatic rings. The van der Waals surface area contributed by atoms with E-state index in [9.17, 15) is 0 Å². The quantitative estimate of drug-likeness (QED) is 0.813. The summed E-state index contributed by atoms with van der Waals surface area (Å²) in [5.74, 6) is -0.607. The van der Waals surface area contributed by atoms with Crippen LogP contribution >= 0.6 is 0 Å². The molecule has 1 unspecified atom stereocenters. The van der Waals surface area contributed by atoms with E-state index in [0.717, 1.165) is 12.0 Å². The molecule has 0 bridgehead atoms. The van der Waals surface area contributed by atoms with Crippen LogP contribution in [0, 0.1) is 5.41 Å². The average Bonchev–Trinajstić information content (AvgIpc) is 2.25. The Hall–Kier alpha value is -0.820. The van der Waals surface area contributed by atoms with Crippen molar-refractivity contribution >= 4 is 0 Å². The van der Waals surface area contributed by atoms with Gasteiger partial charge in [0, 0.05) is 7.98 Å². The standard InChI is InChI=1S/C16H26O/c1-13(8-7-11-17)15-10-6-5-9-14(15)12-16(2,3)4/h5-6,9-10,13,17H,7-8,11-12H2,1-4H3/i13D. The Kier molecular flexibility index (Phi) is 4.61. The third kappa shape index (κ3) is 4.91. The summed E-state index contributed by atoms with van der Waals surface area (Å²) in [5, 5.41) is 8.95. The van der Waals surface area contributed by atoms with Crippen LogP contribution in [0.4, 0.5) is 0 Å². The first-order valence-electron chi connectivity index (χ1n) is 6.95. The summed E-state index contributed by atoms with van der Waals surface area (Å²) in [4.78, 5) is 0. The van der Waals surface area contributed by atoms with E-state index < -0.39 is 5.89 Å². The molecule has 1 aromatic rings. The number of aliphatic hydroxyl groups excluding tert-OH is 1. The Balaban J connectivity index is 3.00. The number of aliphatic hydroxyl groups is 1. The lowest BCUT2D eigenvalue weighted by Crippen LogP contribution is -2.12. The Morgan fingerprint density at radius 1 is 1.29 bits per heavy atom. The van der Waals surface area contributed by atoms with Gasteiger partial charge in [-0.3, -0.25) is 0 Å². The van der Waals surface area contributed by atoms with Crippen LogP contribution in [0.25, 0.3) is 0 Å². The first kappa shape index (κ1) is 12.6. The van der Waals surface area contributed by atoms with Crippen molar-refractivity contribution in [2.24, 2.45) is 5.41 Å². The monoisotopic (exact) mass is 235 g/mol. The van der Waals surface area contributed by atoms with Gasteiger partial charge in [-0.25, -0.2) is 0 Å². The highest BCUT2D eigenvalue weighted by molar-refractivity contribution is 5.30. The fourth-order valence-corrected chi connectivity index (χ4v) is 2.14. The summed E-state index contributed by atoms with van der Waals surface area (Å²) in [7, 11) is 0. The van der Waals surface area contributed by atoms with Crippen molar-refractivity contribution < 1.29 is 6.48 Å². The van der Waals surface area contributed by atoms with Gasteiger partial charge in [0.2, 0.25) is 0 Å². The molecular weight excluding hydrogens is 208 g/mol. The Morgan fingerprint density at radius 3 is 2.53 bits per heavy atom. The van der Waals surface area contributed by atoms with E-state index in [1.54, 1.807) is 0 Å². The second kappa shape index (κ2) is 6.20. The van der Waals surface area contributed by atoms with Gasteiger partial charge in [0.1, 0.15) is 0 Å². The highest BCUT2D eigenvalue weighted by Gasteiger charge is 2.16. The third-order valence-corrected chi connectivity index (χ3v) is 2.91. The molecule has 1 N–H and O–H groups in total. The van der Waals surface area contributed by atoms with Crippen LogP contribution in [0.15, 0.2) is 24.3 Å². The first-order valence-corrected chi connectivity index (χ1v) is 6.45. The van der Waals surface area contributed by atoms with Gasteiger partial charge in [-0.1, -0.05) is 52.0 Å². The molecule has 1 atom stereocenters. The second-order valence-corrected chi connectivity index (χ2v) is 6.00. The first-order chi connectivity index (χ1) is 8.26. The fourth-order valence-electron chi connectivity index (χ4n) is 2.14. The highest BCUT2D eigenvalue weighted by atomic mass is 16.2. The van der Waals surface area contributed by atoms with Gasteiger partial charge in [-0.05, 0) is 41.7 Å². The molecule has 1 nitrogen and oxygen atoms in total. The topological polar surface area (TPSA) is 20.2 Å². The Bertz CT molecular complexity index is 377. The molecule has 0 heterocycles. The van der Waals surface area contributed by atoms with Crippen LogP contribution in [0.2, 0.25) is 0 Å². The number of rotatable bonds is 5. The molecule has 0 saturated heterocycles. The predicted molar refractivity (Wildman–Crippen MR) is 74.3 cm³/mol. The molecule has 0 spiro atoms. The van der Waals surface area contributed by atoms with Crippen molar-refractivity contribution in [3.8, 4) is 0 Å². The summed E-state index contributed by atoms with van der Waals surface area (Å²) in [6.07, 6.45) is 2.37. The van der Waals surface area contributed by atoms with E-state index >= 15 is 0 Å². The summed E-state index contributed by atoms with van der Waals surface area (Å²) in [5.41, 5.74) is 2.59. The molecule has 0 amide bonds. The minimum Gasteiger partial charge on any atom is -0.396 e. The minimum atomic E-state index is -0.607. The van der Waals surface area contributed by atoms with Crippen LogP contribution in [0.5, 0.6) is 0 Å². The molecule has 0 aromatic heterocycles. The maximum atomic E-state index is 8.95. The van der Waals surface area contributed by atoms with E-state index in [0.29, 0.717) is 12.8 Å². The minimum absolute atomic E-state index is 0.163. The molecule has 0 radical (unpaired) electrons. The average molecular weight is 235 g/mol. The van der Waals surface area contributed by atoms with Crippen LogP contribution in [0.3, 0.4) is 0 Å². The molecule has 0 saturated carbocycles. The second-order valence-electron chi connectivity index (χ2n) is 6.00. The van der Waals surface area contributed by atoms with E-state index in [4.69, 9.17) is 6.48 Å². The Labute approximate surface area is 107 Å². The van der Waals surface area contributed by atoms with E-state index in [2.05, 4.69) is 32.9 Å². The molecular formula is C16H26O. The highest BCUT2D eigenvalue weighted by Crippen LogP contribution is 2.29. The molecule has 0 aliphatic carbocycles. The third-order valence-electron chi connectivity index (χ3n) is 2.91. The van der Waals surface area contributed by atoms with Gasteiger partial charge < -0.3 is 5.11 Å². The van der Waals surface area contributed by atoms with E-state index in [1.807, 2.05) is 19.1 Å². The zero-order valence-electron chi connectivity index (χ0n) is 12.6. The van der Waals surface area contributed by atoms with E-state index in [-0.39, 0.29) is 12.0 Å². The summed E-state index contributed by atoms with van der Waals surface area (Å²) in [6.45, 7) is 8.77. The SMILES string of the molecule is [2H]C(C)(CCCO)c1ccccc1CC(C)(C)C. The van der Waals surface area contributed by atoms with Gasteiger partial charge in [0.05, 0.1) is 0 Å². The summed E-state index contributed by atoms with van der Waals surface area (Å²) < 4.78 is 8.51. The van der Waals surface area contributed by atoms with Crippen LogP contribution in [-0.4, -0.2) is 11.7 Å². The van der Waals surface area contributed by atoms with Crippen molar-refractivity contribution in [1.82, 2.24) is 0 Å². The lowest BCUT2D eigenvalue weighted by molar-refractivity contribution is 0.280. The maximum absolute atomic E-state index is 8.95. The van der Waals surface area contributed by atoms with Crippen molar-refractivity contribution in [1.29, 1.82) is 0 Å². The predicted octanol–water partition coefficient (Wildman–Crippen LogP) is 4.15. The smallest absolute Gasteiger partial charge is 0.0431 e. The Morgan fingerprint density at radius 2 is 1.94 bits per heavy atom. The lowest BCUT2D eigenvalue weighted by atomic mass is 9.83. The molecule has 1 heteroatoms. The molecule has 1 aromatic carbocycles. The van der Waals surface area contributed by atoms with Gasteiger partial charge in [0.25, 0.3) is 0 Å². The number of hydrogen-bond acceptors (Lipinski definition) is 1. The molecule has 0 aliphatic heterocycles. The normalized spacial score (nSPS) is 16.4. The summed E-state index contributed by atoms with van der Waals surface area (Å²) >= 11 is 0. The largest absolute Gasteiger partial charge is 0.396 e. The van der Waals surface area contributed by atoms with Gasteiger partial charge in [-0.2, -0.15) is 0 Å². The van der Waals surface area contributed by atoms with Gasteiger partial charge >= 0.3 is 0 Å². The number of benzene rings is 1. The molecule has 0 fully saturated rings. The zero-order valence-corrected chi connectivity index (χ0v) is 11.6. The van der Waals surface area contributed by atoms with Crippen molar-refractivity contribution in [2.45, 2.75) is 52.9 Å². The van der Waals surface area contributed by atoms with Crippen LogP contribution in [0.1, 0.15) is 58.9 Å². The zero-order chi connectivity index (χ0) is 13.8. The summed E-state index contributed by atoms with van der Waals surface area (Å²) in [6, 6.07) is 8.25. The number of hydrogen-bond donors (Lipinski definition) is 1. The molecule has 1 rings (SSSR count). The lowest BCUT2D eigenvalue weighted by Gasteiger charge is -2.23. The van der Waals surface area contributed by atoms with Crippen LogP contribution < -0.4 is 0 Å². The van der Waals surface area contributed by atoms with Gasteiger partial charge in [0.15, 0.2) is 0 Å². The fraction of sp³-hybridized carbons (Fsp3) is 0.625. The molecule has 96 valence electrons. The molecule has 17 heavy (non-hydrogen) atoms.